The normalized spacial score (nSPS) is 13.1. The monoisotopic (exact) mass is 222 g/mol. The van der Waals surface area contributed by atoms with E-state index in [9.17, 15) is 9.59 Å². The second-order valence-corrected chi connectivity index (χ2v) is 2.87. The van der Waals surface area contributed by atoms with E-state index < -0.39 is 18.2 Å². The fraction of sp³-hybridized carbons (Fsp3) is 0.778. The molecule has 90 valence electrons. The average molecular weight is 222 g/mol. The lowest BCUT2D eigenvalue weighted by atomic mass is 10.3. The third-order valence-corrected chi connectivity index (χ3v) is 1.12. The van der Waals surface area contributed by atoms with E-state index in [1.54, 1.807) is 13.8 Å². The Morgan fingerprint density at radius 1 is 1.27 bits per heavy atom. The van der Waals surface area contributed by atoms with Crippen LogP contribution in [0.15, 0.2) is 0 Å². The maximum Gasteiger partial charge on any atom is 0.332 e. The molecular weight excluding hydrogens is 204 g/mol. The largest absolute Gasteiger partial charge is 0.479 e. The van der Waals surface area contributed by atoms with E-state index in [0.29, 0.717) is 6.61 Å². The second kappa shape index (κ2) is 9.42. The number of carboxylic acid groups (broad SMARTS) is 1. The van der Waals surface area contributed by atoms with Crippen molar-refractivity contribution in [3.63, 3.8) is 0 Å². The molecule has 0 radical (unpaired) electrons. The highest BCUT2D eigenvalue weighted by Crippen LogP contribution is 1.91. The van der Waals surface area contributed by atoms with Crippen LogP contribution in [0.25, 0.3) is 0 Å². The fourth-order valence-electron chi connectivity index (χ4n) is 0.461. The summed E-state index contributed by atoms with van der Waals surface area (Å²) in [4.78, 5) is 19.9. The molecular formula is C9H18O6. The van der Waals surface area contributed by atoms with Crippen LogP contribution in [0.2, 0.25) is 0 Å². The molecule has 0 rings (SSSR count). The lowest BCUT2D eigenvalue weighted by Gasteiger charge is -2.01. The van der Waals surface area contributed by atoms with Gasteiger partial charge in [-0.25, -0.2) is 4.79 Å². The van der Waals surface area contributed by atoms with Crippen molar-refractivity contribution in [2.45, 2.75) is 39.4 Å². The lowest BCUT2D eigenvalue weighted by molar-refractivity contribution is -0.146. The third kappa shape index (κ3) is 15.6. The molecule has 0 amide bonds. The van der Waals surface area contributed by atoms with Gasteiger partial charge >= 0.3 is 11.9 Å². The van der Waals surface area contributed by atoms with Crippen molar-refractivity contribution >= 4 is 11.9 Å². The Kier molecular flexibility index (Phi) is 10.2. The van der Waals surface area contributed by atoms with Crippen molar-refractivity contribution in [3.05, 3.63) is 0 Å². The van der Waals surface area contributed by atoms with E-state index in [4.69, 9.17) is 15.3 Å². The van der Waals surface area contributed by atoms with Crippen LogP contribution in [-0.2, 0) is 14.3 Å². The topological polar surface area (TPSA) is 104 Å². The van der Waals surface area contributed by atoms with Crippen molar-refractivity contribution in [3.8, 4) is 0 Å². The van der Waals surface area contributed by atoms with Gasteiger partial charge in [-0.3, -0.25) is 4.79 Å². The second-order valence-electron chi connectivity index (χ2n) is 2.87. The van der Waals surface area contributed by atoms with E-state index in [0.717, 1.165) is 0 Å². The molecule has 0 aliphatic heterocycles. The standard InChI is InChI=1S/C6H12O3.C3H6O3/c1-3-9-6(8)4-5(2)7;1-2(4)3(5)6/h5,7H,3-4H2,1-2H3;2,4H,1H3,(H,5,6). The van der Waals surface area contributed by atoms with Gasteiger partial charge in [0.15, 0.2) is 0 Å². The van der Waals surface area contributed by atoms with Crippen LogP contribution in [0.3, 0.4) is 0 Å². The first-order valence-electron chi connectivity index (χ1n) is 4.55. The fourth-order valence-corrected chi connectivity index (χ4v) is 0.461. The van der Waals surface area contributed by atoms with E-state index in [2.05, 4.69) is 4.74 Å². The Morgan fingerprint density at radius 3 is 1.87 bits per heavy atom. The average Bonchev–Trinajstić information content (AvgIpc) is 2.03. The summed E-state index contributed by atoms with van der Waals surface area (Å²) in [6.45, 7) is 4.87. The first-order valence-corrected chi connectivity index (χ1v) is 4.55. The van der Waals surface area contributed by atoms with Gasteiger partial charge in [-0.2, -0.15) is 0 Å². The molecule has 0 bridgehead atoms. The minimum absolute atomic E-state index is 0.0911. The zero-order valence-corrected chi connectivity index (χ0v) is 9.14. The maximum absolute atomic E-state index is 10.5. The van der Waals surface area contributed by atoms with Gasteiger partial charge in [0, 0.05) is 0 Å². The third-order valence-electron chi connectivity index (χ3n) is 1.12. The Morgan fingerprint density at radius 2 is 1.67 bits per heavy atom. The first kappa shape index (κ1) is 16.3. The lowest BCUT2D eigenvalue weighted by Crippen LogP contribution is -2.13. The number of hydrogen-bond acceptors (Lipinski definition) is 5. The Hall–Kier alpha value is -1.14. The molecule has 6 nitrogen and oxygen atoms in total. The molecule has 0 spiro atoms. The molecule has 0 aliphatic carbocycles. The van der Waals surface area contributed by atoms with Crippen molar-refractivity contribution in [2.75, 3.05) is 6.61 Å². The Labute approximate surface area is 88.5 Å². The highest BCUT2D eigenvalue weighted by atomic mass is 16.5. The summed E-state index contributed by atoms with van der Waals surface area (Å²) in [6.07, 6.45) is -1.73. The molecule has 15 heavy (non-hydrogen) atoms. The summed E-state index contributed by atoms with van der Waals surface area (Å²) >= 11 is 0. The maximum atomic E-state index is 10.5. The number of hydrogen-bond donors (Lipinski definition) is 3. The van der Waals surface area contributed by atoms with Crippen LogP contribution < -0.4 is 0 Å². The van der Waals surface area contributed by atoms with Gasteiger partial charge in [0.05, 0.1) is 19.1 Å². The predicted octanol–water partition coefficient (Wildman–Crippen LogP) is -0.228. The van der Waals surface area contributed by atoms with Crippen LogP contribution in [-0.4, -0.2) is 46.1 Å². The molecule has 3 N–H and O–H groups in total. The minimum Gasteiger partial charge on any atom is -0.479 e. The summed E-state index contributed by atoms with van der Waals surface area (Å²) in [7, 11) is 0. The highest BCUT2D eigenvalue weighted by Gasteiger charge is 2.04. The van der Waals surface area contributed by atoms with Gasteiger partial charge in [-0.05, 0) is 20.8 Å². The number of aliphatic hydroxyl groups excluding tert-OH is 2. The van der Waals surface area contributed by atoms with Crippen molar-refractivity contribution in [2.24, 2.45) is 0 Å². The van der Waals surface area contributed by atoms with Crippen LogP contribution in [0.4, 0.5) is 0 Å². The number of esters is 1. The summed E-state index contributed by atoms with van der Waals surface area (Å²) in [6, 6.07) is 0. The summed E-state index contributed by atoms with van der Waals surface area (Å²) < 4.78 is 4.55. The number of carbonyl (C=O) groups excluding carboxylic acids is 1. The minimum atomic E-state index is -1.23. The molecule has 0 fully saturated rings. The number of rotatable bonds is 4. The smallest absolute Gasteiger partial charge is 0.332 e. The molecule has 0 saturated carbocycles. The van der Waals surface area contributed by atoms with Crippen molar-refractivity contribution in [1.29, 1.82) is 0 Å². The molecule has 6 heteroatoms. The first-order chi connectivity index (χ1) is 6.81. The van der Waals surface area contributed by atoms with Gasteiger partial charge < -0.3 is 20.1 Å². The quantitative estimate of drug-likeness (QED) is 0.568. The van der Waals surface area contributed by atoms with Gasteiger partial charge in [-0.1, -0.05) is 0 Å². The Balaban J connectivity index is 0. The molecule has 0 heterocycles. The van der Waals surface area contributed by atoms with Gasteiger partial charge in [0.25, 0.3) is 0 Å². The molecule has 0 aromatic heterocycles. The molecule has 0 saturated heterocycles. The van der Waals surface area contributed by atoms with Gasteiger partial charge in [0.2, 0.25) is 0 Å². The zero-order valence-electron chi connectivity index (χ0n) is 9.14. The van der Waals surface area contributed by atoms with E-state index in [-0.39, 0.29) is 12.4 Å². The van der Waals surface area contributed by atoms with Crippen LogP contribution in [0, 0.1) is 0 Å². The number of ether oxygens (including phenoxy) is 1. The Bertz CT molecular complexity index is 187. The summed E-state index contributed by atoms with van der Waals surface area (Å²) in [5.74, 6) is -1.53. The molecule has 0 aromatic carbocycles. The molecule has 2 unspecified atom stereocenters. The zero-order chi connectivity index (χ0) is 12.4. The number of aliphatic hydroxyl groups is 2. The number of aliphatic carboxylic acids is 1. The van der Waals surface area contributed by atoms with Crippen molar-refractivity contribution < 1.29 is 29.6 Å². The van der Waals surface area contributed by atoms with Crippen LogP contribution >= 0.6 is 0 Å². The molecule has 0 aromatic rings. The number of carbonyl (C=O) groups is 2. The summed E-state index contributed by atoms with van der Waals surface area (Å²) in [5, 5.41) is 24.4. The SMILES string of the molecule is CC(O)C(=O)O.CCOC(=O)CC(C)O. The number of carboxylic acids is 1. The van der Waals surface area contributed by atoms with Gasteiger partial charge in [0.1, 0.15) is 6.10 Å². The van der Waals surface area contributed by atoms with Crippen LogP contribution in [0.5, 0.6) is 0 Å². The van der Waals surface area contributed by atoms with Crippen LogP contribution in [0.1, 0.15) is 27.2 Å². The highest BCUT2D eigenvalue weighted by molar-refractivity contribution is 5.71. The summed E-state index contributed by atoms with van der Waals surface area (Å²) in [5.41, 5.74) is 0. The van der Waals surface area contributed by atoms with E-state index in [1.807, 2.05) is 0 Å². The van der Waals surface area contributed by atoms with E-state index in [1.165, 1.54) is 6.92 Å². The van der Waals surface area contributed by atoms with Crippen molar-refractivity contribution in [1.82, 2.24) is 0 Å². The molecule has 0 aliphatic rings. The van der Waals surface area contributed by atoms with Gasteiger partial charge in [-0.15, -0.1) is 0 Å². The predicted molar refractivity (Wildman–Crippen MR) is 52.2 cm³/mol. The molecule has 2 atom stereocenters. The van der Waals surface area contributed by atoms with E-state index >= 15 is 0 Å².